The lowest BCUT2D eigenvalue weighted by Gasteiger charge is -2.14. The van der Waals surface area contributed by atoms with E-state index in [1.165, 1.54) is 6.92 Å². The Hall–Kier alpha value is -1.23. The molecule has 0 aliphatic rings. The third-order valence-corrected chi connectivity index (χ3v) is 2.03. The SMILES string of the molecule is Cc1c(F)ccc([C@H](N)C(F)F)c1O. The number of alkyl halides is 2. The molecule has 0 aliphatic heterocycles. The first-order valence-corrected chi connectivity index (χ1v) is 3.97. The number of benzene rings is 1. The molecule has 1 aromatic rings. The molecular formula is C9H10F3NO. The number of aromatic hydroxyl groups is 1. The summed E-state index contributed by atoms with van der Waals surface area (Å²) in [6.45, 7) is 1.30. The average Bonchev–Trinajstić information content (AvgIpc) is 2.13. The van der Waals surface area contributed by atoms with Gasteiger partial charge in [0.2, 0.25) is 0 Å². The van der Waals surface area contributed by atoms with Gasteiger partial charge in [-0.15, -0.1) is 0 Å². The van der Waals surface area contributed by atoms with Crippen LogP contribution in [0, 0.1) is 12.7 Å². The van der Waals surface area contributed by atoms with Gasteiger partial charge in [-0.2, -0.15) is 0 Å². The maximum absolute atomic E-state index is 12.8. The van der Waals surface area contributed by atoms with Crippen molar-refractivity contribution in [3.05, 3.63) is 29.1 Å². The topological polar surface area (TPSA) is 46.2 Å². The van der Waals surface area contributed by atoms with Crippen molar-refractivity contribution in [1.29, 1.82) is 0 Å². The second-order valence-electron chi connectivity index (χ2n) is 2.97. The molecule has 78 valence electrons. The van der Waals surface area contributed by atoms with E-state index in [1.54, 1.807) is 0 Å². The van der Waals surface area contributed by atoms with Crippen LogP contribution in [0.1, 0.15) is 17.2 Å². The van der Waals surface area contributed by atoms with Crippen LogP contribution in [0.3, 0.4) is 0 Å². The van der Waals surface area contributed by atoms with Crippen molar-refractivity contribution >= 4 is 0 Å². The standard InChI is InChI=1S/C9H10F3NO/c1-4-6(10)3-2-5(8(4)14)7(13)9(11)12/h2-3,7,9,14H,13H2,1H3/t7-/m0/s1. The summed E-state index contributed by atoms with van der Waals surface area (Å²) in [4.78, 5) is 0. The molecule has 5 heteroatoms. The highest BCUT2D eigenvalue weighted by Gasteiger charge is 2.22. The fraction of sp³-hybridized carbons (Fsp3) is 0.333. The molecule has 0 saturated carbocycles. The molecule has 0 aromatic heterocycles. The molecule has 0 fully saturated rings. The minimum Gasteiger partial charge on any atom is -0.507 e. The molecule has 1 rings (SSSR count). The normalized spacial score (nSPS) is 13.3. The molecule has 0 bridgehead atoms. The van der Waals surface area contributed by atoms with Crippen molar-refractivity contribution in [3.8, 4) is 5.75 Å². The number of hydrogen-bond donors (Lipinski definition) is 2. The molecule has 0 unspecified atom stereocenters. The number of phenolic OH excluding ortho intramolecular Hbond substituents is 1. The Morgan fingerprint density at radius 1 is 1.36 bits per heavy atom. The summed E-state index contributed by atoms with van der Waals surface area (Å²) in [6, 6.07) is 0.482. The van der Waals surface area contributed by atoms with Crippen LogP contribution < -0.4 is 5.73 Å². The van der Waals surface area contributed by atoms with E-state index >= 15 is 0 Å². The molecule has 0 radical (unpaired) electrons. The van der Waals surface area contributed by atoms with Crippen LogP contribution in [-0.2, 0) is 0 Å². The molecule has 0 spiro atoms. The van der Waals surface area contributed by atoms with E-state index in [1.807, 2.05) is 0 Å². The van der Waals surface area contributed by atoms with E-state index in [2.05, 4.69) is 0 Å². The van der Waals surface area contributed by atoms with Gasteiger partial charge in [-0.05, 0) is 13.0 Å². The Balaban J connectivity index is 3.17. The molecule has 2 nitrogen and oxygen atoms in total. The summed E-state index contributed by atoms with van der Waals surface area (Å²) in [7, 11) is 0. The van der Waals surface area contributed by atoms with Crippen molar-refractivity contribution in [1.82, 2.24) is 0 Å². The van der Waals surface area contributed by atoms with Gasteiger partial charge in [-0.1, -0.05) is 6.07 Å². The first kappa shape index (κ1) is 10.8. The lowest BCUT2D eigenvalue weighted by Crippen LogP contribution is -2.19. The van der Waals surface area contributed by atoms with Gasteiger partial charge in [0.25, 0.3) is 6.43 Å². The summed E-state index contributed by atoms with van der Waals surface area (Å²) in [6.07, 6.45) is -2.79. The number of hydrogen-bond acceptors (Lipinski definition) is 2. The highest BCUT2D eigenvalue weighted by atomic mass is 19.3. The highest BCUT2D eigenvalue weighted by Crippen LogP contribution is 2.30. The summed E-state index contributed by atoms with van der Waals surface area (Å²) in [5, 5.41) is 9.34. The predicted octanol–water partition coefficient (Wildman–Crippen LogP) is 2.10. The third-order valence-electron chi connectivity index (χ3n) is 2.03. The zero-order valence-corrected chi connectivity index (χ0v) is 7.47. The van der Waals surface area contributed by atoms with Crippen molar-refractivity contribution in [2.45, 2.75) is 19.4 Å². The Morgan fingerprint density at radius 2 is 1.93 bits per heavy atom. The van der Waals surface area contributed by atoms with Crippen LogP contribution in [0.4, 0.5) is 13.2 Å². The smallest absolute Gasteiger partial charge is 0.257 e. The molecule has 1 atom stereocenters. The van der Waals surface area contributed by atoms with Crippen molar-refractivity contribution in [2.75, 3.05) is 0 Å². The first-order chi connectivity index (χ1) is 6.45. The molecule has 0 heterocycles. The molecule has 0 aliphatic carbocycles. The van der Waals surface area contributed by atoms with Gasteiger partial charge in [0.15, 0.2) is 0 Å². The van der Waals surface area contributed by atoms with Crippen LogP contribution in [0.25, 0.3) is 0 Å². The lowest BCUT2D eigenvalue weighted by atomic mass is 10.0. The van der Waals surface area contributed by atoms with Crippen LogP contribution in [0.2, 0.25) is 0 Å². The van der Waals surface area contributed by atoms with Gasteiger partial charge in [0, 0.05) is 11.1 Å². The Kier molecular flexibility index (Phi) is 3.00. The van der Waals surface area contributed by atoms with Gasteiger partial charge in [0.05, 0.1) is 6.04 Å². The highest BCUT2D eigenvalue weighted by molar-refractivity contribution is 5.42. The van der Waals surface area contributed by atoms with Crippen LogP contribution in [-0.4, -0.2) is 11.5 Å². The van der Waals surface area contributed by atoms with Gasteiger partial charge in [-0.25, -0.2) is 13.2 Å². The van der Waals surface area contributed by atoms with Gasteiger partial charge < -0.3 is 10.8 Å². The van der Waals surface area contributed by atoms with Crippen molar-refractivity contribution in [3.63, 3.8) is 0 Å². The first-order valence-electron chi connectivity index (χ1n) is 3.97. The number of nitrogens with two attached hydrogens (primary N) is 1. The van der Waals surface area contributed by atoms with Gasteiger partial charge in [-0.3, -0.25) is 0 Å². The largest absolute Gasteiger partial charge is 0.507 e. The van der Waals surface area contributed by atoms with Crippen molar-refractivity contribution < 1.29 is 18.3 Å². The van der Waals surface area contributed by atoms with E-state index in [-0.39, 0.29) is 11.1 Å². The van der Waals surface area contributed by atoms with E-state index in [4.69, 9.17) is 5.73 Å². The monoisotopic (exact) mass is 205 g/mol. The lowest BCUT2D eigenvalue weighted by molar-refractivity contribution is 0.115. The Labute approximate surface area is 79.2 Å². The molecular weight excluding hydrogens is 195 g/mol. The van der Waals surface area contributed by atoms with E-state index in [0.717, 1.165) is 12.1 Å². The van der Waals surface area contributed by atoms with E-state index < -0.39 is 24.0 Å². The van der Waals surface area contributed by atoms with Crippen LogP contribution >= 0.6 is 0 Å². The Morgan fingerprint density at radius 3 is 2.43 bits per heavy atom. The molecule has 3 N–H and O–H groups in total. The third kappa shape index (κ3) is 1.82. The fourth-order valence-corrected chi connectivity index (χ4v) is 1.10. The maximum Gasteiger partial charge on any atom is 0.257 e. The average molecular weight is 205 g/mol. The summed E-state index contributed by atoms with van der Waals surface area (Å²) < 4.78 is 37.2. The zero-order chi connectivity index (χ0) is 10.9. The number of halogens is 3. The van der Waals surface area contributed by atoms with E-state index in [9.17, 15) is 18.3 Å². The van der Waals surface area contributed by atoms with E-state index in [0.29, 0.717) is 0 Å². The molecule has 0 amide bonds. The fourth-order valence-electron chi connectivity index (χ4n) is 1.10. The maximum atomic E-state index is 12.8. The molecule has 1 aromatic carbocycles. The summed E-state index contributed by atoms with van der Waals surface area (Å²) in [5.74, 6) is -1.15. The predicted molar refractivity (Wildman–Crippen MR) is 45.7 cm³/mol. The second kappa shape index (κ2) is 3.88. The zero-order valence-electron chi connectivity index (χ0n) is 7.47. The quantitative estimate of drug-likeness (QED) is 0.776. The molecule has 14 heavy (non-hydrogen) atoms. The van der Waals surface area contributed by atoms with Crippen LogP contribution in [0.5, 0.6) is 5.75 Å². The number of phenols is 1. The van der Waals surface area contributed by atoms with Crippen molar-refractivity contribution in [2.24, 2.45) is 5.73 Å². The second-order valence-corrected chi connectivity index (χ2v) is 2.97. The number of rotatable bonds is 2. The van der Waals surface area contributed by atoms with Gasteiger partial charge in [0.1, 0.15) is 11.6 Å². The minimum absolute atomic E-state index is 0.0707. The summed E-state index contributed by atoms with van der Waals surface area (Å²) in [5.41, 5.74) is 4.91. The Bertz CT molecular complexity index is 341. The minimum atomic E-state index is -2.79. The van der Waals surface area contributed by atoms with Gasteiger partial charge >= 0.3 is 0 Å². The molecule has 0 saturated heterocycles. The summed E-state index contributed by atoms with van der Waals surface area (Å²) >= 11 is 0. The van der Waals surface area contributed by atoms with Crippen LogP contribution in [0.15, 0.2) is 12.1 Å².